The predicted molar refractivity (Wildman–Crippen MR) is 65.7 cm³/mol. The number of hydrogen-bond acceptors (Lipinski definition) is 0. The van der Waals surface area contributed by atoms with E-state index in [1.165, 1.54) is 10.9 Å². The third kappa shape index (κ3) is 6.15. The minimum Gasteiger partial charge on any atom is -0.352 e. The first-order chi connectivity index (χ1) is 6.00. The van der Waals surface area contributed by atoms with Crippen molar-refractivity contribution < 1.29 is 20.4 Å². The minimum atomic E-state index is 0. The molecule has 84 valence electrons. The van der Waals surface area contributed by atoms with Gasteiger partial charge in [0.25, 0.3) is 0 Å². The molecule has 0 nitrogen and oxygen atoms in total. The number of hydrogen-bond donors (Lipinski definition) is 0. The van der Waals surface area contributed by atoms with Crippen LogP contribution in [0.15, 0.2) is 24.3 Å². The first kappa shape index (κ1) is 17.0. The van der Waals surface area contributed by atoms with E-state index < -0.39 is 0 Å². The molecule has 0 aliphatic carbocycles. The van der Waals surface area contributed by atoms with Gasteiger partial charge in [0.1, 0.15) is 0 Å². The van der Waals surface area contributed by atoms with Gasteiger partial charge in [0.2, 0.25) is 0 Å². The zero-order chi connectivity index (χ0) is 10.5. The summed E-state index contributed by atoms with van der Waals surface area (Å²) >= 11 is 4.39. The third-order valence-corrected chi connectivity index (χ3v) is 2.11. The molecule has 0 aliphatic heterocycles. The van der Waals surface area contributed by atoms with Crippen LogP contribution in [-0.4, -0.2) is 0 Å². The van der Waals surface area contributed by atoms with E-state index in [-0.39, 0.29) is 25.8 Å². The van der Waals surface area contributed by atoms with Crippen molar-refractivity contribution >= 4 is 26.1 Å². The summed E-state index contributed by atoms with van der Waals surface area (Å²) in [6.07, 6.45) is 2.72. The summed E-state index contributed by atoms with van der Waals surface area (Å²) < 4.78 is 0. The topological polar surface area (TPSA) is 0 Å². The largest absolute Gasteiger partial charge is 0.352 e. The molecule has 1 aromatic rings. The van der Waals surface area contributed by atoms with Crippen molar-refractivity contribution in [2.75, 3.05) is 0 Å². The molecule has 14 heavy (non-hydrogen) atoms. The summed E-state index contributed by atoms with van der Waals surface area (Å²) in [7, 11) is 2.72. The Balaban J connectivity index is 0. The fraction of sp³-hybridized carbons (Fsp3) is 0.364. The Hall–Kier alpha value is 0.602. The fourth-order valence-corrected chi connectivity index (χ4v) is 1.30. The van der Waals surface area contributed by atoms with E-state index in [4.69, 9.17) is 0 Å². The number of benzene rings is 1. The van der Waals surface area contributed by atoms with Crippen molar-refractivity contribution in [3.8, 4) is 0 Å². The maximum atomic E-state index is 4.39. The second-order valence-corrected chi connectivity index (χ2v) is 4.54. The summed E-state index contributed by atoms with van der Waals surface area (Å²) in [6.45, 7) is 6.69. The van der Waals surface area contributed by atoms with Crippen LogP contribution >= 0.6 is 20.8 Å². The number of rotatable bonds is 0. The van der Waals surface area contributed by atoms with Crippen molar-refractivity contribution in [2.24, 2.45) is 0 Å². The third-order valence-electron chi connectivity index (χ3n) is 1.75. The predicted octanol–water partition coefficient (Wildman–Crippen LogP) is 3.50. The van der Waals surface area contributed by atoms with Crippen LogP contribution < -0.4 is 5.30 Å². The molecule has 0 aliphatic rings. The second kappa shape index (κ2) is 7.84. The normalized spacial score (nSPS) is 9.57. The van der Waals surface area contributed by atoms with Crippen molar-refractivity contribution in [2.45, 2.75) is 26.2 Å². The Morgan fingerprint density at radius 3 is 2.00 bits per heavy atom. The van der Waals surface area contributed by atoms with Crippen LogP contribution in [0.1, 0.15) is 26.3 Å². The van der Waals surface area contributed by atoms with Crippen molar-refractivity contribution in [1.82, 2.24) is 0 Å². The molecule has 0 N–H and O–H groups in total. The zero-order valence-corrected chi connectivity index (χ0v) is 12.3. The minimum absolute atomic E-state index is 0. The van der Waals surface area contributed by atoms with E-state index in [2.05, 4.69) is 72.3 Å². The molecule has 0 bridgehead atoms. The first-order valence-electron chi connectivity index (χ1n) is 4.13. The SMILES string of the molecule is CC(C)(C)c1cccc(P)c1.[CH2-]Cl.[Pd]. The molecular formula is C11H17ClPPd-. The molecule has 3 heteroatoms. The Bertz CT molecular complexity index is 256. The summed E-state index contributed by atoms with van der Waals surface area (Å²) in [5, 5.41) is 1.26. The van der Waals surface area contributed by atoms with Gasteiger partial charge in [0.05, 0.1) is 0 Å². The van der Waals surface area contributed by atoms with Crippen LogP contribution in [0.25, 0.3) is 0 Å². The Kier molecular flexibility index (Phi) is 9.52. The van der Waals surface area contributed by atoms with Gasteiger partial charge in [-0.2, -0.15) is 0 Å². The van der Waals surface area contributed by atoms with Crippen LogP contribution in [0.2, 0.25) is 0 Å². The maximum Gasteiger partial charge on any atom is 0 e. The van der Waals surface area contributed by atoms with E-state index >= 15 is 0 Å². The standard InChI is InChI=1S/C10H15P.CH2Cl.Pd/c1-10(2,3)8-5-4-6-9(11)7-8;1-2;/h4-7H,11H2,1-3H3;1H2;/q;-1;. The molecule has 0 saturated heterocycles. The van der Waals surface area contributed by atoms with Crippen LogP contribution in [-0.2, 0) is 25.8 Å². The molecule has 0 radical (unpaired) electrons. The summed E-state index contributed by atoms with van der Waals surface area (Å²) in [5.41, 5.74) is 1.66. The van der Waals surface area contributed by atoms with Gasteiger partial charge in [-0.3, -0.25) is 6.38 Å². The molecule has 1 unspecified atom stereocenters. The summed E-state index contributed by atoms with van der Waals surface area (Å²) in [6, 6.07) is 8.58. The van der Waals surface area contributed by atoms with Crippen LogP contribution in [0.5, 0.6) is 0 Å². The molecule has 0 spiro atoms. The van der Waals surface area contributed by atoms with Gasteiger partial charge >= 0.3 is 0 Å². The monoisotopic (exact) mass is 321 g/mol. The van der Waals surface area contributed by atoms with Crippen molar-refractivity contribution in [1.29, 1.82) is 0 Å². The van der Waals surface area contributed by atoms with Gasteiger partial charge in [-0.05, 0) is 16.3 Å². The molecular weight excluding hydrogens is 305 g/mol. The quantitative estimate of drug-likeness (QED) is 0.390. The molecule has 0 aromatic heterocycles. The average molecular weight is 322 g/mol. The molecule has 0 fully saturated rings. The molecule has 1 aromatic carbocycles. The smallest absolute Gasteiger partial charge is 0 e. The van der Waals surface area contributed by atoms with Crippen molar-refractivity contribution in [3.63, 3.8) is 0 Å². The fourth-order valence-electron chi connectivity index (χ4n) is 1.01. The Morgan fingerprint density at radius 2 is 1.71 bits per heavy atom. The van der Waals surface area contributed by atoms with Gasteiger partial charge < -0.3 is 11.6 Å². The van der Waals surface area contributed by atoms with Gasteiger partial charge in [0.15, 0.2) is 0 Å². The summed E-state index contributed by atoms with van der Waals surface area (Å²) in [4.78, 5) is 0. The number of halogens is 1. The molecule has 0 heterocycles. The Labute approximate surface area is 109 Å². The van der Waals surface area contributed by atoms with Gasteiger partial charge in [-0.15, -0.1) is 9.24 Å². The average Bonchev–Trinajstić information content (AvgIpc) is 2.06. The summed E-state index contributed by atoms with van der Waals surface area (Å²) in [5.74, 6) is 0. The van der Waals surface area contributed by atoms with Gasteiger partial charge in [-0.25, -0.2) is 0 Å². The van der Waals surface area contributed by atoms with Crippen LogP contribution in [0, 0.1) is 6.38 Å². The van der Waals surface area contributed by atoms with Gasteiger partial charge in [0, 0.05) is 20.4 Å². The van der Waals surface area contributed by atoms with E-state index in [0.717, 1.165) is 0 Å². The molecule has 0 amide bonds. The van der Waals surface area contributed by atoms with Crippen molar-refractivity contribution in [3.05, 3.63) is 36.2 Å². The molecule has 1 rings (SSSR count). The van der Waals surface area contributed by atoms with E-state index in [9.17, 15) is 0 Å². The Morgan fingerprint density at radius 1 is 1.21 bits per heavy atom. The maximum absolute atomic E-state index is 4.39. The van der Waals surface area contributed by atoms with Gasteiger partial charge in [-0.1, -0.05) is 45.0 Å². The molecule has 1 atom stereocenters. The van der Waals surface area contributed by atoms with E-state index in [0.29, 0.717) is 0 Å². The van der Waals surface area contributed by atoms with E-state index in [1.807, 2.05) is 0 Å². The van der Waals surface area contributed by atoms with E-state index in [1.54, 1.807) is 0 Å². The van der Waals surface area contributed by atoms with Crippen LogP contribution in [0.3, 0.4) is 0 Å². The first-order valence-corrected chi connectivity index (χ1v) is 5.24. The second-order valence-electron chi connectivity index (χ2n) is 3.88. The molecule has 0 saturated carbocycles. The van der Waals surface area contributed by atoms with Crippen LogP contribution in [0.4, 0.5) is 0 Å². The zero-order valence-electron chi connectivity index (χ0n) is 8.79.